The van der Waals surface area contributed by atoms with Gasteiger partial charge in [0.15, 0.2) is 0 Å². The predicted octanol–water partition coefficient (Wildman–Crippen LogP) is 12.5. The summed E-state index contributed by atoms with van der Waals surface area (Å²) in [6.07, 6.45) is 4.69. The number of rotatable bonds is 4. The molecule has 0 saturated heterocycles. The predicted molar refractivity (Wildman–Crippen MR) is 194 cm³/mol. The smallest absolute Gasteiger partial charge is 0.139 e. The molecule has 2 aliphatic rings. The van der Waals surface area contributed by atoms with E-state index < -0.39 is 0 Å². The number of fused-ring (bicyclic) bond motifs is 5. The van der Waals surface area contributed by atoms with Crippen LogP contribution in [0.3, 0.4) is 0 Å². The van der Waals surface area contributed by atoms with Gasteiger partial charge >= 0.3 is 0 Å². The second kappa shape index (κ2) is 10.6. The lowest BCUT2D eigenvalue weighted by atomic mass is 9.84. The highest BCUT2D eigenvalue weighted by atomic mass is 79.9. The Hall–Kier alpha value is -4.44. The van der Waals surface area contributed by atoms with Crippen LogP contribution in [0.2, 0.25) is 0 Å². The first kappa shape index (κ1) is 26.9. The number of allylic oxidation sites excluding steroid dienone is 2. The highest BCUT2D eigenvalue weighted by Crippen LogP contribution is 2.52. The number of hydrogen-bond acceptors (Lipinski definition) is 1. The van der Waals surface area contributed by atoms with E-state index in [2.05, 4.69) is 177 Å². The van der Waals surface area contributed by atoms with E-state index in [1.807, 2.05) is 0 Å². The van der Waals surface area contributed by atoms with Crippen molar-refractivity contribution in [3.63, 3.8) is 0 Å². The summed E-state index contributed by atoms with van der Waals surface area (Å²) in [6, 6.07) is 48.1. The summed E-state index contributed by atoms with van der Waals surface area (Å²) in [5, 5.41) is 2.31. The average Bonchev–Trinajstić information content (AvgIpc) is 3.76. The second-order valence-electron chi connectivity index (χ2n) is 11.9. The molecule has 2 aliphatic carbocycles. The van der Waals surface area contributed by atoms with Crippen LogP contribution in [0.25, 0.3) is 45.2 Å². The summed E-state index contributed by atoms with van der Waals surface area (Å²) in [5.74, 6) is 0.125. The Morgan fingerprint density at radius 1 is 0.422 bits per heavy atom. The van der Waals surface area contributed by atoms with Crippen molar-refractivity contribution < 1.29 is 4.42 Å². The maximum atomic E-state index is 7.11. The monoisotopic (exact) mass is 704 g/mol. The van der Waals surface area contributed by atoms with E-state index in [0.717, 1.165) is 30.9 Å². The summed E-state index contributed by atoms with van der Waals surface area (Å²) in [6.45, 7) is 0. The molecule has 6 aromatic carbocycles. The van der Waals surface area contributed by atoms with Crippen LogP contribution in [-0.4, -0.2) is 0 Å². The van der Waals surface area contributed by atoms with Gasteiger partial charge in [-0.05, 0) is 80.9 Å². The van der Waals surface area contributed by atoms with Gasteiger partial charge in [-0.25, -0.2) is 0 Å². The molecule has 2 unspecified atom stereocenters. The summed E-state index contributed by atoms with van der Waals surface area (Å²) < 4.78 is 9.27. The summed E-state index contributed by atoms with van der Waals surface area (Å²) in [5.41, 5.74) is 14.5. The van der Waals surface area contributed by atoms with Crippen LogP contribution >= 0.6 is 31.9 Å². The lowest BCUT2D eigenvalue weighted by Crippen LogP contribution is -2.02. The Morgan fingerprint density at radius 2 is 0.844 bits per heavy atom. The van der Waals surface area contributed by atoms with E-state index in [1.54, 1.807) is 0 Å². The summed E-state index contributed by atoms with van der Waals surface area (Å²) >= 11 is 7.42. The first-order chi connectivity index (χ1) is 22.1. The fourth-order valence-electron chi connectivity index (χ4n) is 7.47. The van der Waals surface area contributed by atoms with Gasteiger partial charge in [0.2, 0.25) is 0 Å². The minimum Gasteiger partial charge on any atom is -0.455 e. The molecule has 2 atom stereocenters. The molecule has 1 aromatic heterocycles. The molecule has 3 heteroatoms. The van der Waals surface area contributed by atoms with Crippen LogP contribution in [-0.2, 0) is 0 Å². The number of halogens is 2. The molecular formula is C42H26Br2O. The van der Waals surface area contributed by atoms with Crippen molar-refractivity contribution in [1.82, 2.24) is 0 Å². The molecule has 1 heterocycles. The third-order valence-electron chi connectivity index (χ3n) is 9.38. The maximum absolute atomic E-state index is 7.11. The van der Waals surface area contributed by atoms with Crippen LogP contribution in [0.4, 0.5) is 0 Å². The van der Waals surface area contributed by atoms with Gasteiger partial charge in [0, 0.05) is 42.7 Å². The van der Waals surface area contributed by atoms with Crippen LogP contribution < -0.4 is 0 Å². The standard InChI is InChI=1S/C42H26Br2O/c43-29-13-5-11-25(21-29)37-23-27-9-1-3-15-31(27)39(37)35-19-7-17-33-34-18-8-20-36(42(34)45-41(33)35)40-32-16-4-2-10-28(32)24-38(40)26-12-6-14-30(44)22-26/h1-24,39-40H. The normalized spacial score (nSPS) is 16.9. The molecule has 7 aromatic rings. The summed E-state index contributed by atoms with van der Waals surface area (Å²) in [7, 11) is 0. The van der Waals surface area contributed by atoms with Gasteiger partial charge in [-0.2, -0.15) is 0 Å². The zero-order valence-corrected chi connectivity index (χ0v) is 27.3. The number of hydrogen-bond donors (Lipinski definition) is 0. The number of benzene rings is 6. The molecule has 0 amide bonds. The molecule has 0 saturated carbocycles. The van der Waals surface area contributed by atoms with Crippen molar-refractivity contribution in [3.05, 3.63) is 187 Å². The van der Waals surface area contributed by atoms with Crippen molar-refractivity contribution in [1.29, 1.82) is 0 Å². The number of furan rings is 1. The van der Waals surface area contributed by atoms with Crippen molar-refractivity contribution in [2.75, 3.05) is 0 Å². The van der Waals surface area contributed by atoms with Crippen molar-refractivity contribution in [3.8, 4) is 0 Å². The van der Waals surface area contributed by atoms with Crippen LogP contribution in [0.15, 0.2) is 147 Å². The SMILES string of the molecule is Brc1cccc(C2=Cc3ccccc3C2c2cccc3c2oc2c(C4C(c5cccc(Br)c5)=Cc5ccccc54)cccc23)c1. The first-order valence-corrected chi connectivity index (χ1v) is 16.8. The zero-order chi connectivity index (χ0) is 30.1. The minimum absolute atomic E-state index is 0.0625. The van der Waals surface area contributed by atoms with Crippen LogP contribution in [0.5, 0.6) is 0 Å². The molecule has 9 rings (SSSR count). The third-order valence-corrected chi connectivity index (χ3v) is 10.4. The lowest BCUT2D eigenvalue weighted by Gasteiger charge is -2.19. The first-order valence-electron chi connectivity index (χ1n) is 15.2. The molecule has 0 N–H and O–H groups in total. The van der Waals surface area contributed by atoms with Gasteiger partial charge in [-0.1, -0.05) is 141 Å². The molecule has 0 fully saturated rings. The number of para-hydroxylation sites is 2. The van der Waals surface area contributed by atoms with Gasteiger partial charge in [0.05, 0.1) is 0 Å². The van der Waals surface area contributed by atoms with Gasteiger partial charge in [0.25, 0.3) is 0 Å². The van der Waals surface area contributed by atoms with E-state index in [9.17, 15) is 0 Å². The Kier molecular flexibility index (Phi) is 6.33. The van der Waals surface area contributed by atoms with Crippen molar-refractivity contribution >= 4 is 77.1 Å². The molecule has 214 valence electrons. The quantitative estimate of drug-likeness (QED) is 0.178. The van der Waals surface area contributed by atoms with E-state index in [-0.39, 0.29) is 11.8 Å². The highest BCUT2D eigenvalue weighted by molar-refractivity contribution is 9.10. The Morgan fingerprint density at radius 3 is 1.31 bits per heavy atom. The second-order valence-corrected chi connectivity index (χ2v) is 13.7. The average molecular weight is 706 g/mol. The Labute approximate surface area is 278 Å². The fraction of sp³-hybridized carbons (Fsp3) is 0.0476. The highest BCUT2D eigenvalue weighted by Gasteiger charge is 2.33. The van der Waals surface area contributed by atoms with Crippen molar-refractivity contribution in [2.45, 2.75) is 11.8 Å². The molecule has 45 heavy (non-hydrogen) atoms. The lowest BCUT2D eigenvalue weighted by molar-refractivity contribution is 0.656. The largest absolute Gasteiger partial charge is 0.455 e. The van der Waals surface area contributed by atoms with Gasteiger partial charge < -0.3 is 4.42 Å². The Balaban J connectivity index is 1.27. The third kappa shape index (κ3) is 4.33. The molecule has 0 spiro atoms. The summed E-state index contributed by atoms with van der Waals surface area (Å²) in [4.78, 5) is 0. The molecule has 0 aliphatic heterocycles. The van der Waals surface area contributed by atoms with E-state index in [0.29, 0.717) is 0 Å². The van der Waals surface area contributed by atoms with E-state index in [4.69, 9.17) is 4.42 Å². The zero-order valence-electron chi connectivity index (χ0n) is 24.2. The molecule has 0 bridgehead atoms. The van der Waals surface area contributed by atoms with Gasteiger partial charge in [-0.3, -0.25) is 0 Å². The molecule has 1 nitrogen and oxygen atoms in total. The van der Waals surface area contributed by atoms with E-state index in [1.165, 1.54) is 55.7 Å². The molecular weight excluding hydrogens is 680 g/mol. The van der Waals surface area contributed by atoms with E-state index >= 15 is 0 Å². The fourth-order valence-corrected chi connectivity index (χ4v) is 8.27. The van der Waals surface area contributed by atoms with Crippen LogP contribution in [0, 0.1) is 0 Å². The van der Waals surface area contributed by atoms with Gasteiger partial charge in [-0.15, -0.1) is 0 Å². The van der Waals surface area contributed by atoms with Crippen molar-refractivity contribution in [2.24, 2.45) is 0 Å². The van der Waals surface area contributed by atoms with Gasteiger partial charge in [0.1, 0.15) is 11.2 Å². The minimum atomic E-state index is 0.0625. The van der Waals surface area contributed by atoms with Crippen LogP contribution in [0.1, 0.15) is 56.3 Å². The maximum Gasteiger partial charge on any atom is 0.139 e. The Bertz CT molecular complexity index is 2210. The molecule has 0 radical (unpaired) electrons. The topological polar surface area (TPSA) is 13.1 Å².